The number of aryl methyl sites for hydroxylation is 1. The molecule has 1 saturated heterocycles. The number of nitrogens with zero attached hydrogens (tertiary/aromatic N) is 5. The van der Waals surface area contributed by atoms with Crippen molar-refractivity contribution < 1.29 is 5.11 Å². The van der Waals surface area contributed by atoms with Crippen LogP contribution in [0.2, 0.25) is 0 Å². The fraction of sp³-hybridized carbons (Fsp3) is 0.304. The van der Waals surface area contributed by atoms with Gasteiger partial charge in [0, 0.05) is 38.3 Å². The molecule has 0 radical (unpaired) electrons. The first-order chi connectivity index (χ1) is 14.7. The first-order valence-electron chi connectivity index (χ1n) is 10.4. The van der Waals surface area contributed by atoms with E-state index in [4.69, 9.17) is 0 Å². The van der Waals surface area contributed by atoms with Crippen molar-refractivity contribution in [2.75, 3.05) is 31.1 Å². The molecule has 2 aromatic carbocycles. The maximum Gasteiger partial charge on any atom is 0.230 e. The van der Waals surface area contributed by atoms with Gasteiger partial charge in [-0.15, -0.1) is 5.10 Å². The van der Waals surface area contributed by atoms with Gasteiger partial charge in [0.25, 0.3) is 0 Å². The number of hydrogen-bond acceptors (Lipinski definition) is 6. The van der Waals surface area contributed by atoms with Gasteiger partial charge in [-0.1, -0.05) is 66.8 Å². The molecular formula is C23H25N5OS. The topological polar surface area (TPSA) is 56.9 Å². The summed E-state index contributed by atoms with van der Waals surface area (Å²) in [7, 11) is 0. The van der Waals surface area contributed by atoms with E-state index in [1.54, 1.807) is 4.52 Å². The summed E-state index contributed by atoms with van der Waals surface area (Å²) >= 11 is 1.54. The molecule has 1 aliphatic rings. The molecule has 7 heteroatoms. The van der Waals surface area contributed by atoms with E-state index in [2.05, 4.69) is 74.5 Å². The zero-order valence-corrected chi connectivity index (χ0v) is 17.8. The minimum Gasteiger partial charge on any atom is -0.492 e. The van der Waals surface area contributed by atoms with Gasteiger partial charge in [-0.25, -0.2) is 4.98 Å². The number of thiazole rings is 1. The fourth-order valence-electron chi connectivity index (χ4n) is 4.16. The van der Waals surface area contributed by atoms with Crippen molar-refractivity contribution in [1.29, 1.82) is 0 Å². The summed E-state index contributed by atoms with van der Waals surface area (Å²) in [4.78, 5) is 11.1. The molecule has 1 fully saturated rings. The predicted molar refractivity (Wildman–Crippen MR) is 120 cm³/mol. The zero-order chi connectivity index (χ0) is 20.5. The number of piperazine rings is 1. The van der Waals surface area contributed by atoms with Crippen LogP contribution in [0, 0.1) is 0 Å². The zero-order valence-electron chi connectivity index (χ0n) is 17.0. The number of anilines is 1. The number of aromatic hydroxyl groups is 1. The standard InChI is InChI=1S/C23H25N5OS/c1-2-19-24-23-28(25-19)22(29)21(30-23)20(17-9-5-3-6-10-17)27-15-13-26(14-16-27)18-11-7-4-8-12-18/h3-12,20,29H,2,13-16H2,1H3/t20-/m1/s1. The Bertz CT molecular complexity index is 1120. The molecule has 2 aromatic heterocycles. The first-order valence-corrected chi connectivity index (χ1v) is 11.2. The van der Waals surface area contributed by atoms with E-state index in [1.165, 1.54) is 22.6 Å². The molecule has 1 N–H and O–H groups in total. The lowest BCUT2D eigenvalue weighted by Crippen LogP contribution is -2.47. The summed E-state index contributed by atoms with van der Waals surface area (Å²) < 4.78 is 1.59. The molecule has 0 amide bonds. The molecule has 5 rings (SSSR count). The van der Waals surface area contributed by atoms with E-state index in [-0.39, 0.29) is 11.9 Å². The van der Waals surface area contributed by atoms with Crippen molar-refractivity contribution in [3.05, 3.63) is 76.9 Å². The van der Waals surface area contributed by atoms with E-state index < -0.39 is 0 Å². The lowest BCUT2D eigenvalue weighted by molar-refractivity contribution is 0.211. The predicted octanol–water partition coefficient (Wildman–Crippen LogP) is 3.97. The molecule has 4 aromatic rings. The Balaban J connectivity index is 1.47. The Labute approximate surface area is 180 Å². The number of para-hydroxylation sites is 1. The van der Waals surface area contributed by atoms with Gasteiger partial charge in [0.1, 0.15) is 0 Å². The Morgan fingerprint density at radius 2 is 1.63 bits per heavy atom. The average Bonchev–Trinajstić information content (AvgIpc) is 3.35. The van der Waals surface area contributed by atoms with Gasteiger partial charge < -0.3 is 10.0 Å². The Hall–Kier alpha value is -2.90. The maximum atomic E-state index is 11.0. The van der Waals surface area contributed by atoms with Crippen LogP contribution in [0.15, 0.2) is 60.7 Å². The summed E-state index contributed by atoms with van der Waals surface area (Å²) in [6.45, 7) is 5.77. The summed E-state index contributed by atoms with van der Waals surface area (Å²) in [6.07, 6.45) is 0.757. The van der Waals surface area contributed by atoms with Crippen LogP contribution in [0.25, 0.3) is 4.96 Å². The monoisotopic (exact) mass is 419 g/mol. The SMILES string of the molecule is CCc1nc2sc([C@@H](c3ccccc3)N3CCN(c4ccccc4)CC3)c(O)n2n1. The minimum absolute atomic E-state index is 0.0114. The van der Waals surface area contributed by atoms with Gasteiger partial charge in [0.05, 0.1) is 10.9 Å². The average molecular weight is 420 g/mol. The second-order valence-corrected chi connectivity index (χ2v) is 8.55. The van der Waals surface area contributed by atoms with Crippen molar-refractivity contribution in [1.82, 2.24) is 19.5 Å². The lowest BCUT2D eigenvalue weighted by atomic mass is 10.0. The first kappa shape index (κ1) is 19.1. The normalized spacial score (nSPS) is 16.2. The molecule has 0 unspecified atom stereocenters. The van der Waals surface area contributed by atoms with Crippen LogP contribution in [0.1, 0.15) is 29.2 Å². The molecule has 1 aliphatic heterocycles. The molecule has 30 heavy (non-hydrogen) atoms. The summed E-state index contributed by atoms with van der Waals surface area (Å²) in [6, 6.07) is 21.0. The highest BCUT2D eigenvalue weighted by Gasteiger charge is 2.31. The smallest absolute Gasteiger partial charge is 0.230 e. The van der Waals surface area contributed by atoms with Crippen molar-refractivity contribution in [2.45, 2.75) is 19.4 Å². The van der Waals surface area contributed by atoms with Gasteiger partial charge >= 0.3 is 0 Å². The van der Waals surface area contributed by atoms with E-state index in [9.17, 15) is 5.11 Å². The van der Waals surface area contributed by atoms with E-state index in [1.807, 2.05) is 13.0 Å². The molecule has 6 nitrogen and oxygen atoms in total. The number of aromatic nitrogens is 3. The van der Waals surface area contributed by atoms with Gasteiger partial charge in [0.2, 0.25) is 10.8 Å². The van der Waals surface area contributed by atoms with Crippen molar-refractivity contribution in [3.8, 4) is 5.88 Å². The number of hydrogen-bond donors (Lipinski definition) is 1. The molecule has 3 heterocycles. The summed E-state index contributed by atoms with van der Waals surface area (Å²) in [5.74, 6) is 0.970. The van der Waals surface area contributed by atoms with Crippen LogP contribution in [0.3, 0.4) is 0 Å². The van der Waals surface area contributed by atoms with Crippen LogP contribution in [-0.4, -0.2) is 50.8 Å². The Morgan fingerprint density at radius 1 is 0.967 bits per heavy atom. The molecule has 0 spiro atoms. The number of rotatable bonds is 5. The highest BCUT2D eigenvalue weighted by molar-refractivity contribution is 7.17. The molecule has 1 atom stereocenters. The highest BCUT2D eigenvalue weighted by Crippen LogP contribution is 2.40. The number of benzene rings is 2. The second-order valence-electron chi connectivity index (χ2n) is 7.54. The molecular weight excluding hydrogens is 394 g/mol. The van der Waals surface area contributed by atoms with Crippen molar-refractivity contribution >= 4 is 22.0 Å². The molecule has 0 aliphatic carbocycles. The van der Waals surface area contributed by atoms with E-state index >= 15 is 0 Å². The molecule has 0 saturated carbocycles. The van der Waals surface area contributed by atoms with Crippen LogP contribution < -0.4 is 4.90 Å². The fourth-order valence-corrected chi connectivity index (χ4v) is 5.30. The van der Waals surface area contributed by atoms with Gasteiger partial charge in [-0.2, -0.15) is 4.52 Å². The maximum absolute atomic E-state index is 11.0. The summed E-state index contributed by atoms with van der Waals surface area (Å²) in [5.41, 5.74) is 2.45. The molecule has 0 bridgehead atoms. The second kappa shape index (κ2) is 8.08. The van der Waals surface area contributed by atoms with Gasteiger partial charge in [-0.05, 0) is 17.7 Å². The highest BCUT2D eigenvalue weighted by atomic mass is 32.1. The van der Waals surface area contributed by atoms with Crippen molar-refractivity contribution in [2.24, 2.45) is 0 Å². The minimum atomic E-state index is -0.0114. The van der Waals surface area contributed by atoms with Crippen LogP contribution in [0.4, 0.5) is 5.69 Å². The van der Waals surface area contributed by atoms with Gasteiger partial charge in [-0.3, -0.25) is 4.90 Å². The van der Waals surface area contributed by atoms with Crippen molar-refractivity contribution in [3.63, 3.8) is 0 Å². The summed E-state index contributed by atoms with van der Waals surface area (Å²) in [5, 5.41) is 15.5. The Kier molecular flexibility index (Phi) is 5.14. The van der Waals surface area contributed by atoms with Crippen LogP contribution >= 0.6 is 11.3 Å². The quantitative estimate of drug-likeness (QED) is 0.530. The van der Waals surface area contributed by atoms with E-state index in [0.717, 1.165) is 48.3 Å². The molecule has 154 valence electrons. The third-order valence-corrected chi connectivity index (χ3v) is 6.80. The largest absolute Gasteiger partial charge is 0.492 e. The number of fused-ring (bicyclic) bond motifs is 1. The van der Waals surface area contributed by atoms with E-state index in [0.29, 0.717) is 0 Å². The van der Waals surface area contributed by atoms with Gasteiger partial charge in [0.15, 0.2) is 5.82 Å². The third-order valence-electron chi connectivity index (χ3n) is 5.72. The third kappa shape index (κ3) is 3.44. The van der Waals surface area contributed by atoms with Crippen LogP contribution in [0.5, 0.6) is 5.88 Å². The lowest BCUT2D eigenvalue weighted by Gasteiger charge is -2.40. The Morgan fingerprint density at radius 3 is 2.27 bits per heavy atom. The van der Waals surface area contributed by atoms with Crippen LogP contribution in [-0.2, 0) is 6.42 Å².